The number of hydrogen-bond acceptors (Lipinski definition) is 5. The van der Waals surface area contributed by atoms with E-state index < -0.39 is 5.54 Å². The summed E-state index contributed by atoms with van der Waals surface area (Å²) in [6.45, 7) is 4.48. The Hall–Kier alpha value is -0.750. The molecule has 0 radical (unpaired) electrons. The van der Waals surface area contributed by atoms with Crippen molar-refractivity contribution in [2.75, 3.05) is 39.3 Å². The number of carbonyl (C=O) groups excluding carboxylic acids is 2. The van der Waals surface area contributed by atoms with Crippen LogP contribution in [0.2, 0.25) is 0 Å². The SMILES string of the molecule is CCNC(C)(CCSCC(=O)N(C)C)C(=O)OC. The minimum Gasteiger partial charge on any atom is -0.468 e. The summed E-state index contributed by atoms with van der Waals surface area (Å²) in [5.74, 6) is 1.00. The Morgan fingerprint density at radius 3 is 2.44 bits per heavy atom. The van der Waals surface area contributed by atoms with E-state index in [1.165, 1.54) is 18.9 Å². The number of rotatable bonds is 8. The number of methoxy groups -OCH3 is 1. The van der Waals surface area contributed by atoms with E-state index in [0.717, 1.165) is 5.75 Å². The van der Waals surface area contributed by atoms with E-state index in [4.69, 9.17) is 4.74 Å². The Labute approximate surface area is 114 Å². The van der Waals surface area contributed by atoms with Crippen molar-refractivity contribution in [2.45, 2.75) is 25.8 Å². The minimum atomic E-state index is -0.669. The van der Waals surface area contributed by atoms with Crippen LogP contribution in [0, 0.1) is 0 Å². The second-order valence-electron chi connectivity index (χ2n) is 4.44. The summed E-state index contributed by atoms with van der Waals surface area (Å²) in [7, 11) is 4.86. The van der Waals surface area contributed by atoms with Gasteiger partial charge in [-0.15, -0.1) is 0 Å². The molecule has 106 valence electrons. The third-order valence-corrected chi connectivity index (χ3v) is 3.62. The van der Waals surface area contributed by atoms with Gasteiger partial charge in [-0.05, 0) is 25.6 Å². The second-order valence-corrected chi connectivity index (χ2v) is 5.55. The summed E-state index contributed by atoms with van der Waals surface area (Å²) in [6, 6.07) is 0. The Kier molecular flexibility index (Phi) is 8.02. The van der Waals surface area contributed by atoms with Gasteiger partial charge in [0.25, 0.3) is 0 Å². The summed E-state index contributed by atoms with van der Waals surface area (Å²) >= 11 is 1.53. The number of thioether (sulfide) groups is 1. The zero-order valence-electron chi connectivity index (χ0n) is 11.9. The zero-order valence-corrected chi connectivity index (χ0v) is 12.7. The van der Waals surface area contributed by atoms with Gasteiger partial charge in [0.15, 0.2) is 0 Å². The third kappa shape index (κ3) is 5.73. The van der Waals surface area contributed by atoms with Gasteiger partial charge in [-0.3, -0.25) is 9.59 Å². The average molecular weight is 276 g/mol. The van der Waals surface area contributed by atoms with E-state index in [9.17, 15) is 9.59 Å². The molecule has 5 nitrogen and oxygen atoms in total. The Morgan fingerprint density at radius 2 is 2.00 bits per heavy atom. The highest BCUT2D eigenvalue weighted by molar-refractivity contribution is 7.99. The molecule has 1 atom stereocenters. The molecule has 0 aromatic rings. The maximum absolute atomic E-state index is 11.7. The standard InChI is InChI=1S/C12H24N2O3S/c1-6-13-12(2,11(16)17-5)7-8-18-9-10(15)14(3)4/h13H,6-9H2,1-5H3. The normalized spacial score (nSPS) is 13.8. The first-order valence-electron chi connectivity index (χ1n) is 5.98. The molecule has 0 rings (SSSR count). The van der Waals surface area contributed by atoms with Crippen molar-refractivity contribution in [3.63, 3.8) is 0 Å². The Balaban J connectivity index is 4.13. The van der Waals surface area contributed by atoms with Gasteiger partial charge >= 0.3 is 5.97 Å². The monoisotopic (exact) mass is 276 g/mol. The molecule has 0 aromatic carbocycles. The first-order valence-corrected chi connectivity index (χ1v) is 7.14. The molecule has 0 aliphatic carbocycles. The van der Waals surface area contributed by atoms with E-state index >= 15 is 0 Å². The van der Waals surface area contributed by atoms with Gasteiger partial charge in [0.1, 0.15) is 5.54 Å². The van der Waals surface area contributed by atoms with E-state index in [2.05, 4.69) is 5.32 Å². The van der Waals surface area contributed by atoms with Crippen LogP contribution >= 0.6 is 11.8 Å². The molecular formula is C12H24N2O3S. The predicted molar refractivity (Wildman–Crippen MR) is 74.7 cm³/mol. The molecule has 0 aliphatic heterocycles. The first-order chi connectivity index (χ1) is 8.37. The molecule has 0 aliphatic rings. The number of likely N-dealkylation sites (N-methyl/N-ethyl adjacent to an activating group) is 1. The van der Waals surface area contributed by atoms with Crippen molar-refractivity contribution in [1.29, 1.82) is 0 Å². The fourth-order valence-corrected chi connectivity index (χ4v) is 2.57. The molecular weight excluding hydrogens is 252 g/mol. The van der Waals surface area contributed by atoms with Crippen LogP contribution in [0.1, 0.15) is 20.3 Å². The summed E-state index contributed by atoms with van der Waals surface area (Å²) < 4.78 is 4.80. The number of amides is 1. The number of nitrogens with zero attached hydrogens (tertiary/aromatic N) is 1. The highest BCUT2D eigenvalue weighted by Gasteiger charge is 2.32. The Morgan fingerprint density at radius 1 is 1.39 bits per heavy atom. The van der Waals surface area contributed by atoms with Gasteiger partial charge < -0.3 is 15.0 Å². The van der Waals surface area contributed by atoms with Crippen LogP contribution in [0.4, 0.5) is 0 Å². The van der Waals surface area contributed by atoms with Crippen LogP contribution in [0.5, 0.6) is 0 Å². The summed E-state index contributed by atoms with van der Waals surface area (Å²) in [4.78, 5) is 24.6. The lowest BCUT2D eigenvalue weighted by Gasteiger charge is -2.27. The fourth-order valence-electron chi connectivity index (χ4n) is 1.44. The lowest BCUT2D eigenvalue weighted by Crippen LogP contribution is -2.50. The van der Waals surface area contributed by atoms with Crippen LogP contribution < -0.4 is 5.32 Å². The van der Waals surface area contributed by atoms with Crippen molar-refractivity contribution in [1.82, 2.24) is 10.2 Å². The van der Waals surface area contributed by atoms with Crippen LogP contribution in [0.15, 0.2) is 0 Å². The van der Waals surface area contributed by atoms with E-state index in [1.54, 1.807) is 19.0 Å². The van der Waals surface area contributed by atoms with Gasteiger partial charge in [-0.2, -0.15) is 11.8 Å². The molecule has 0 heterocycles. The number of ether oxygens (including phenoxy) is 1. The number of nitrogens with one attached hydrogen (secondary N) is 1. The van der Waals surface area contributed by atoms with Crippen molar-refractivity contribution in [3.8, 4) is 0 Å². The topological polar surface area (TPSA) is 58.6 Å². The van der Waals surface area contributed by atoms with Gasteiger partial charge in [0.2, 0.25) is 5.91 Å². The highest BCUT2D eigenvalue weighted by atomic mass is 32.2. The molecule has 0 bridgehead atoms. The quantitative estimate of drug-likeness (QED) is 0.523. The summed E-state index contributed by atoms with van der Waals surface area (Å²) in [5.41, 5.74) is -0.669. The average Bonchev–Trinajstić information content (AvgIpc) is 2.33. The van der Waals surface area contributed by atoms with Crippen LogP contribution in [0.25, 0.3) is 0 Å². The fraction of sp³-hybridized carbons (Fsp3) is 0.833. The van der Waals surface area contributed by atoms with Gasteiger partial charge in [0, 0.05) is 14.1 Å². The molecule has 0 saturated carbocycles. The maximum atomic E-state index is 11.7. The smallest absolute Gasteiger partial charge is 0.325 e. The number of carbonyl (C=O) groups is 2. The minimum absolute atomic E-state index is 0.0863. The highest BCUT2D eigenvalue weighted by Crippen LogP contribution is 2.16. The van der Waals surface area contributed by atoms with E-state index in [-0.39, 0.29) is 11.9 Å². The summed E-state index contributed by atoms with van der Waals surface area (Å²) in [5, 5.41) is 3.14. The largest absolute Gasteiger partial charge is 0.468 e. The zero-order chi connectivity index (χ0) is 14.2. The van der Waals surface area contributed by atoms with Crippen LogP contribution in [-0.2, 0) is 14.3 Å². The molecule has 0 aromatic heterocycles. The predicted octanol–water partition coefficient (Wildman–Crippen LogP) is 0.739. The molecule has 0 spiro atoms. The lowest BCUT2D eigenvalue weighted by atomic mass is 9.99. The van der Waals surface area contributed by atoms with Gasteiger partial charge in [0.05, 0.1) is 12.9 Å². The molecule has 1 N–H and O–H groups in total. The molecule has 1 amide bonds. The molecule has 6 heteroatoms. The third-order valence-electron chi connectivity index (χ3n) is 2.67. The molecule has 0 saturated heterocycles. The van der Waals surface area contributed by atoms with Crippen molar-refractivity contribution in [2.24, 2.45) is 0 Å². The van der Waals surface area contributed by atoms with Crippen LogP contribution in [-0.4, -0.2) is 61.6 Å². The Bertz CT molecular complexity index is 284. The van der Waals surface area contributed by atoms with E-state index in [1.807, 2.05) is 13.8 Å². The maximum Gasteiger partial charge on any atom is 0.325 e. The van der Waals surface area contributed by atoms with Crippen molar-refractivity contribution >= 4 is 23.6 Å². The van der Waals surface area contributed by atoms with Gasteiger partial charge in [-0.1, -0.05) is 6.92 Å². The number of esters is 1. The van der Waals surface area contributed by atoms with Crippen molar-refractivity contribution in [3.05, 3.63) is 0 Å². The molecule has 1 unspecified atom stereocenters. The molecule has 0 fully saturated rings. The molecule has 18 heavy (non-hydrogen) atoms. The summed E-state index contributed by atoms with van der Waals surface area (Å²) in [6.07, 6.45) is 0.638. The second kappa shape index (κ2) is 8.37. The van der Waals surface area contributed by atoms with Crippen LogP contribution in [0.3, 0.4) is 0 Å². The van der Waals surface area contributed by atoms with E-state index in [0.29, 0.717) is 18.7 Å². The lowest BCUT2D eigenvalue weighted by molar-refractivity contribution is -0.148. The van der Waals surface area contributed by atoms with Crippen molar-refractivity contribution < 1.29 is 14.3 Å². The first kappa shape index (κ1) is 17.2. The van der Waals surface area contributed by atoms with Gasteiger partial charge in [-0.25, -0.2) is 0 Å². The number of hydrogen-bond donors (Lipinski definition) is 1.